The van der Waals surface area contributed by atoms with E-state index in [-0.39, 0.29) is 5.54 Å². The normalized spacial score (nSPS) is 32.2. The van der Waals surface area contributed by atoms with Gasteiger partial charge in [-0.25, -0.2) is 0 Å². The molecule has 2 aliphatic heterocycles. The van der Waals surface area contributed by atoms with Gasteiger partial charge in [0.25, 0.3) is 0 Å². The fourth-order valence-corrected chi connectivity index (χ4v) is 3.90. The third-order valence-electron chi connectivity index (χ3n) is 5.28. The summed E-state index contributed by atoms with van der Waals surface area (Å²) >= 11 is 0. The van der Waals surface area contributed by atoms with Crippen LogP contribution < -0.4 is 5.32 Å². The minimum absolute atomic E-state index is 0.0900. The van der Waals surface area contributed by atoms with Gasteiger partial charge in [0.05, 0.1) is 5.54 Å². The van der Waals surface area contributed by atoms with Crippen LogP contribution in [0.2, 0.25) is 0 Å². The van der Waals surface area contributed by atoms with Gasteiger partial charge in [-0.15, -0.1) is 0 Å². The molecular weight excluding hydrogens is 258 g/mol. The van der Waals surface area contributed by atoms with Crippen LogP contribution in [0.15, 0.2) is 30.3 Å². The zero-order valence-corrected chi connectivity index (χ0v) is 13.5. The largest absolute Gasteiger partial charge is 0.305 e. The molecule has 0 bridgehead atoms. The number of piperidine rings is 1. The smallest absolute Gasteiger partial charge is 0.0535 e. The van der Waals surface area contributed by atoms with Crippen molar-refractivity contribution >= 4 is 0 Å². The van der Waals surface area contributed by atoms with Gasteiger partial charge in [0, 0.05) is 32.2 Å². The first-order valence-electron chi connectivity index (χ1n) is 8.40. The summed E-state index contributed by atoms with van der Waals surface area (Å²) in [4.78, 5) is 5.22. The van der Waals surface area contributed by atoms with E-state index in [2.05, 4.69) is 59.4 Å². The summed E-state index contributed by atoms with van der Waals surface area (Å²) in [5.41, 5.74) is 1.50. The molecule has 2 aliphatic rings. The molecule has 21 heavy (non-hydrogen) atoms. The highest BCUT2D eigenvalue weighted by atomic mass is 15.3. The summed E-state index contributed by atoms with van der Waals surface area (Å²) in [6.45, 7) is 8.21. The quantitative estimate of drug-likeness (QED) is 0.920. The van der Waals surface area contributed by atoms with Gasteiger partial charge in [-0.2, -0.15) is 0 Å². The summed E-state index contributed by atoms with van der Waals surface area (Å²) in [5, 5.41) is 3.73. The Hall–Kier alpha value is -0.900. The molecule has 2 saturated heterocycles. The predicted molar refractivity (Wildman–Crippen MR) is 88.5 cm³/mol. The highest BCUT2D eigenvalue weighted by Crippen LogP contribution is 2.25. The number of likely N-dealkylation sites (N-methyl/N-ethyl adjacent to an activating group) is 1. The molecule has 0 aromatic heterocycles. The van der Waals surface area contributed by atoms with Gasteiger partial charge in [0.2, 0.25) is 0 Å². The van der Waals surface area contributed by atoms with E-state index in [9.17, 15) is 0 Å². The Kier molecular flexibility index (Phi) is 4.63. The SMILES string of the molecule is CN1CCCCC1CN1CCNC(C)(c2ccccc2)C1. The van der Waals surface area contributed by atoms with Crippen LogP contribution in [0.3, 0.4) is 0 Å². The van der Waals surface area contributed by atoms with Crippen molar-refractivity contribution in [3.63, 3.8) is 0 Å². The monoisotopic (exact) mass is 287 g/mol. The van der Waals surface area contributed by atoms with Crippen molar-refractivity contribution in [1.82, 2.24) is 15.1 Å². The van der Waals surface area contributed by atoms with E-state index in [1.165, 1.54) is 44.5 Å². The second-order valence-electron chi connectivity index (χ2n) is 6.99. The molecule has 3 heteroatoms. The second-order valence-corrected chi connectivity index (χ2v) is 6.99. The Morgan fingerprint density at radius 1 is 1.19 bits per heavy atom. The minimum atomic E-state index is 0.0900. The van der Waals surface area contributed by atoms with E-state index in [0.717, 1.165) is 19.1 Å². The molecule has 0 saturated carbocycles. The van der Waals surface area contributed by atoms with Gasteiger partial charge in [0.15, 0.2) is 0 Å². The highest BCUT2D eigenvalue weighted by Gasteiger charge is 2.33. The summed E-state index contributed by atoms with van der Waals surface area (Å²) < 4.78 is 0. The zero-order valence-electron chi connectivity index (χ0n) is 13.5. The van der Waals surface area contributed by atoms with Crippen LogP contribution in [0.25, 0.3) is 0 Å². The van der Waals surface area contributed by atoms with Crippen molar-refractivity contribution in [1.29, 1.82) is 0 Å². The average Bonchev–Trinajstić information content (AvgIpc) is 2.51. The third kappa shape index (κ3) is 3.47. The number of benzene rings is 1. The number of rotatable bonds is 3. The minimum Gasteiger partial charge on any atom is -0.305 e. The second kappa shape index (κ2) is 6.47. The molecule has 2 heterocycles. The van der Waals surface area contributed by atoms with Crippen molar-refractivity contribution in [3.05, 3.63) is 35.9 Å². The lowest BCUT2D eigenvalue weighted by atomic mass is 9.89. The third-order valence-corrected chi connectivity index (χ3v) is 5.28. The van der Waals surface area contributed by atoms with Crippen molar-refractivity contribution in [3.8, 4) is 0 Å². The maximum atomic E-state index is 3.73. The Labute approximate surface area is 129 Å². The van der Waals surface area contributed by atoms with Gasteiger partial charge >= 0.3 is 0 Å². The van der Waals surface area contributed by atoms with Crippen molar-refractivity contribution in [2.75, 3.05) is 39.8 Å². The molecular formula is C18H29N3. The van der Waals surface area contributed by atoms with E-state index < -0.39 is 0 Å². The van der Waals surface area contributed by atoms with E-state index in [1.807, 2.05) is 0 Å². The standard InChI is InChI=1S/C18H29N3/c1-18(16-8-4-3-5-9-16)15-21(13-11-19-18)14-17-10-6-7-12-20(17)2/h3-5,8-9,17,19H,6-7,10-15H2,1-2H3. The molecule has 1 aromatic rings. The van der Waals surface area contributed by atoms with Crippen molar-refractivity contribution in [2.24, 2.45) is 0 Å². The Morgan fingerprint density at radius 3 is 2.76 bits per heavy atom. The number of piperazine rings is 1. The fourth-order valence-electron chi connectivity index (χ4n) is 3.90. The van der Waals surface area contributed by atoms with Gasteiger partial charge in [-0.05, 0) is 38.9 Å². The first-order valence-corrected chi connectivity index (χ1v) is 8.40. The first kappa shape index (κ1) is 15.0. The van der Waals surface area contributed by atoms with Gasteiger partial charge in [-0.1, -0.05) is 36.8 Å². The van der Waals surface area contributed by atoms with Crippen LogP contribution >= 0.6 is 0 Å². The summed E-state index contributed by atoms with van der Waals surface area (Å²) in [5.74, 6) is 0. The van der Waals surface area contributed by atoms with Gasteiger partial charge < -0.3 is 10.2 Å². The summed E-state index contributed by atoms with van der Waals surface area (Å²) in [6.07, 6.45) is 4.13. The van der Waals surface area contributed by atoms with Crippen LogP contribution in [-0.2, 0) is 5.54 Å². The van der Waals surface area contributed by atoms with Crippen LogP contribution in [0, 0.1) is 0 Å². The van der Waals surface area contributed by atoms with Gasteiger partial charge in [0.1, 0.15) is 0 Å². The van der Waals surface area contributed by atoms with Crippen LogP contribution in [-0.4, -0.2) is 55.6 Å². The lowest BCUT2D eigenvalue weighted by Gasteiger charge is -2.44. The molecule has 0 spiro atoms. The van der Waals surface area contributed by atoms with Crippen LogP contribution in [0.4, 0.5) is 0 Å². The predicted octanol–water partition coefficient (Wildman–Crippen LogP) is 2.29. The Morgan fingerprint density at radius 2 is 2.00 bits per heavy atom. The van der Waals surface area contributed by atoms with E-state index >= 15 is 0 Å². The Balaban J connectivity index is 1.65. The first-order chi connectivity index (χ1) is 10.2. The molecule has 2 unspecified atom stereocenters. The van der Waals surface area contributed by atoms with E-state index in [4.69, 9.17) is 0 Å². The number of nitrogens with zero attached hydrogens (tertiary/aromatic N) is 2. The number of likely N-dealkylation sites (tertiary alicyclic amines) is 1. The topological polar surface area (TPSA) is 18.5 Å². The number of hydrogen-bond donors (Lipinski definition) is 1. The molecule has 116 valence electrons. The highest BCUT2D eigenvalue weighted by molar-refractivity contribution is 5.24. The van der Waals surface area contributed by atoms with Crippen LogP contribution in [0.5, 0.6) is 0 Å². The lowest BCUT2D eigenvalue weighted by molar-refractivity contribution is 0.0855. The van der Waals surface area contributed by atoms with E-state index in [1.54, 1.807) is 0 Å². The summed E-state index contributed by atoms with van der Waals surface area (Å²) in [7, 11) is 2.29. The fraction of sp³-hybridized carbons (Fsp3) is 0.667. The molecule has 3 nitrogen and oxygen atoms in total. The molecule has 1 N–H and O–H groups in total. The van der Waals surface area contributed by atoms with Crippen molar-refractivity contribution in [2.45, 2.75) is 37.8 Å². The Bertz CT molecular complexity index is 447. The van der Waals surface area contributed by atoms with Crippen LogP contribution in [0.1, 0.15) is 31.7 Å². The molecule has 0 aliphatic carbocycles. The molecule has 0 radical (unpaired) electrons. The molecule has 1 aromatic carbocycles. The molecule has 2 atom stereocenters. The zero-order chi connectivity index (χ0) is 14.7. The number of hydrogen-bond acceptors (Lipinski definition) is 3. The van der Waals surface area contributed by atoms with E-state index in [0.29, 0.717) is 0 Å². The van der Waals surface area contributed by atoms with Gasteiger partial charge in [-0.3, -0.25) is 4.90 Å². The molecule has 3 rings (SSSR count). The molecule has 2 fully saturated rings. The maximum absolute atomic E-state index is 3.73. The van der Waals surface area contributed by atoms with Crippen molar-refractivity contribution < 1.29 is 0 Å². The lowest BCUT2D eigenvalue weighted by Crippen LogP contribution is -2.59. The molecule has 0 amide bonds. The summed E-state index contributed by atoms with van der Waals surface area (Å²) in [6, 6.07) is 11.7. The average molecular weight is 287 g/mol. The maximum Gasteiger partial charge on any atom is 0.0535 e. The number of nitrogens with one attached hydrogen (secondary N) is 1.